The highest BCUT2D eigenvalue weighted by molar-refractivity contribution is 5.78. The fraction of sp³-hybridized carbons (Fsp3) is 0.294. The quantitative estimate of drug-likeness (QED) is 0.936. The molecule has 1 saturated heterocycles. The Balaban J connectivity index is 1.54. The lowest BCUT2D eigenvalue weighted by Gasteiger charge is -2.36. The molecule has 1 aromatic heterocycles. The summed E-state index contributed by atoms with van der Waals surface area (Å²) < 4.78 is 13.0. The average molecular weight is 314 g/mol. The summed E-state index contributed by atoms with van der Waals surface area (Å²) in [5.41, 5.74) is 7.90. The van der Waals surface area contributed by atoms with Crippen LogP contribution in [0.15, 0.2) is 42.6 Å². The highest BCUT2D eigenvalue weighted by Crippen LogP contribution is 2.17. The number of carbonyl (C=O) groups excluding carboxylic acids is 1. The van der Waals surface area contributed by atoms with Gasteiger partial charge < -0.3 is 15.5 Å². The van der Waals surface area contributed by atoms with E-state index in [1.54, 1.807) is 30.5 Å². The second-order valence-corrected chi connectivity index (χ2v) is 5.60. The number of hydrogen-bond donors (Lipinski definition) is 1. The summed E-state index contributed by atoms with van der Waals surface area (Å²) in [6.45, 7) is 2.80. The van der Waals surface area contributed by atoms with E-state index in [-0.39, 0.29) is 18.1 Å². The number of amides is 1. The van der Waals surface area contributed by atoms with Crippen molar-refractivity contribution in [1.29, 1.82) is 0 Å². The molecule has 2 aromatic rings. The zero-order valence-corrected chi connectivity index (χ0v) is 12.8. The monoisotopic (exact) mass is 314 g/mol. The molecule has 2 N–H and O–H groups in total. The average Bonchev–Trinajstić information content (AvgIpc) is 2.58. The van der Waals surface area contributed by atoms with E-state index in [4.69, 9.17) is 5.73 Å². The van der Waals surface area contributed by atoms with E-state index in [9.17, 15) is 9.18 Å². The molecule has 5 nitrogen and oxygen atoms in total. The van der Waals surface area contributed by atoms with Crippen LogP contribution in [0.5, 0.6) is 0 Å². The van der Waals surface area contributed by atoms with Crippen LogP contribution in [-0.4, -0.2) is 42.0 Å². The first-order chi connectivity index (χ1) is 11.1. The van der Waals surface area contributed by atoms with Gasteiger partial charge in [-0.2, -0.15) is 0 Å². The Hall–Kier alpha value is -2.63. The molecule has 2 heterocycles. The smallest absolute Gasteiger partial charge is 0.228 e. The number of piperazine rings is 1. The number of pyridine rings is 1. The Morgan fingerprint density at radius 3 is 2.39 bits per heavy atom. The fourth-order valence-electron chi connectivity index (χ4n) is 2.67. The largest absolute Gasteiger partial charge is 0.397 e. The van der Waals surface area contributed by atoms with Crippen LogP contribution in [0.2, 0.25) is 0 Å². The lowest BCUT2D eigenvalue weighted by molar-refractivity contribution is -0.130. The molecule has 0 saturated carbocycles. The van der Waals surface area contributed by atoms with Gasteiger partial charge in [-0.1, -0.05) is 0 Å². The van der Waals surface area contributed by atoms with Crippen LogP contribution in [0.4, 0.5) is 15.8 Å². The van der Waals surface area contributed by atoms with Gasteiger partial charge in [0.25, 0.3) is 0 Å². The summed E-state index contributed by atoms with van der Waals surface area (Å²) in [7, 11) is 0. The molecule has 0 unspecified atom stereocenters. The standard InChI is InChI=1S/C17H19FN4O/c18-13-1-5-16(6-2-13)21-7-9-22(10-8-21)17(23)11-15-4-3-14(19)12-20-15/h1-6,12H,7-11,19H2. The van der Waals surface area contributed by atoms with E-state index in [2.05, 4.69) is 9.88 Å². The number of nitrogens with zero attached hydrogens (tertiary/aromatic N) is 3. The Morgan fingerprint density at radius 2 is 1.78 bits per heavy atom. The van der Waals surface area contributed by atoms with Gasteiger partial charge in [-0.15, -0.1) is 0 Å². The van der Waals surface area contributed by atoms with Crippen LogP contribution >= 0.6 is 0 Å². The van der Waals surface area contributed by atoms with Crippen LogP contribution in [0, 0.1) is 5.82 Å². The molecule has 1 aliphatic rings. The van der Waals surface area contributed by atoms with Crippen molar-refractivity contribution in [3.8, 4) is 0 Å². The number of nitrogen functional groups attached to an aromatic ring is 1. The van der Waals surface area contributed by atoms with Crippen LogP contribution < -0.4 is 10.6 Å². The molecular weight excluding hydrogens is 295 g/mol. The molecule has 0 radical (unpaired) electrons. The number of hydrogen-bond acceptors (Lipinski definition) is 4. The van der Waals surface area contributed by atoms with Crippen LogP contribution in [0.25, 0.3) is 0 Å². The van der Waals surface area contributed by atoms with E-state index >= 15 is 0 Å². The highest BCUT2D eigenvalue weighted by atomic mass is 19.1. The third-order valence-corrected chi connectivity index (χ3v) is 4.00. The van der Waals surface area contributed by atoms with Crippen molar-refractivity contribution >= 4 is 17.3 Å². The van der Waals surface area contributed by atoms with Crippen molar-refractivity contribution < 1.29 is 9.18 Å². The summed E-state index contributed by atoms with van der Waals surface area (Å²) >= 11 is 0. The lowest BCUT2D eigenvalue weighted by Crippen LogP contribution is -2.49. The van der Waals surface area contributed by atoms with E-state index in [0.29, 0.717) is 18.8 Å². The number of aromatic nitrogens is 1. The molecule has 1 aromatic carbocycles. The Labute approximate surface area is 134 Å². The van der Waals surface area contributed by atoms with Crippen LogP contribution in [0.1, 0.15) is 5.69 Å². The second-order valence-electron chi connectivity index (χ2n) is 5.60. The summed E-state index contributed by atoms with van der Waals surface area (Å²) in [6, 6.07) is 9.99. The molecule has 0 bridgehead atoms. The van der Waals surface area contributed by atoms with Gasteiger partial charge in [-0.05, 0) is 36.4 Å². The van der Waals surface area contributed by atoms with Crippen molar-refractivity contribution in [3.63, 3.8) is 0 Å². The fourth-order valence-corrected chi connectivity index (χ4v) is 2.67. The van der Waals surface area contributed by atoms with Gasteiger partial charge in [0.2, 0.25) is 5.91 Å². The normalized spacial score (nSPS) is 14.8. The van der Waals surface area contributed by atoms with E-state index in [1.165, 1.54) is 12.1 Å². The summed E-state index contributed by atoms with van der Waals surface area (Å²) in [5, 5.41) is 0. The number of nitrogens with two attached hydrogens (primary N) is 1. The number of carbonyl (C=O) groups is 1. The Morgan fingerprint density at radius 1 is 1.09 bits per heavy atom. The van der Waals surface area contributed by atoms with Crippen molar-refractivity contribution in [2.24, 2.45) is 0 Å². The van der Waals surface area contributed by atoms with E-state index in [0.717, 1.165) is 24.5 Å². The van der Waals surface area contributed by atoms with Gasteiger partial charge >= 0.3 is 0 Å². The van der Waals surface area contributed by atoms with Crippen LogP contribution in [-0.2, 0) is 11.2 Å². The molecule has 0 aliphatic carbocycles. The predicted molar refractivity (Wildman–Crippen MR) is 87.5 cm³/mol. The predicted octanol–water partition coefficient (Wildman–Crippen LogP) is 1.69. The zero-order valence-electron chi connectivity index (χ0n) is 12.8. The minimum atomic E-state index is -0.237. The molecule has 120 valence electrons. The maximum absolute atomic E-state index is 13.0. The number of halogens is 1. The zero-order chi connectivity index (χ0) is 16.2. The van der Waals surface area contributed by atoms with Gasteiger partial charge in [0.1, 0.15) is 5.82 Å². The second kappa shape index (κ2) is 6.64. The molecule has 3 rings (SSSR count). The molecular formula is C17H19FN4O. The lowest BCUT2D eigenvalue weighted by atomic mass is 10.2. The van der Waals surface area contributed by atoms with Crippen molar-refractivity contribution in [2.45, 2.75) is 6.42 Å². The van der Waals surface area contributed by atoms with Crippen molar-refractivity contribution in [3.05, 3.63) is 54.1 Å². The molecule has 0 spiro atoms. The molecule has 0 atom stereocenters. The van der Waals surface area contributed by atoms with Gasteiger partial charge in [0, 0.05) is 37.6 Å². The number of benzene rings is 1. The number of rotatable bonds is 3. The molecule has 6 heteroatoms. The Kier molecular flexibility index (Phi) is 4.41. The minimum absolute atomic E-state index is 0.0704. The minimum Gasteiger partial charge on any atom is -0.397 e. The molecule has 1 amide bonds. The first-order valence-electron chi connectivity index (χ1n) is 7.60. The summed E-state index contributed by atoms with van der Waals surface area (Å²) in [4.78, 5) is 20.5. The van der Waals surface area contributed by atoms with Crippen molar-refractivity contribution in [1.82, 2.24) is 9.88 Å². The topological polar surface area (TPSA) is 62.5 Å². The van der Waals surface area contributed by atoms with Gasteiger partial charge in [0.05, 0.1) is 18.3 Å². The molecule has 1 fully saturated rings. The van der Waals surface area contributed by atoms with Crippen LogP contribution in [0.3, 0.4) is 0 Å². The Bertz CT molecular complexity index is 664. The third kappa shape index (κ3) is 3.77. The van der Waals surface area contributed by atoms with Gasteiger partial charge in [0.15, 0.2) is 0 Å². The molecule has 23 heavy (non-hydrogen) atoms. The first kappa shape index (κ1) is 15.3. The maximum Gasteiger partial charge on any atom is 0.228 e. The summed E-state index contributed by atoms with van der Waals surface area (Å²) in [6.07, 6.45) is 1.85. The van der Waals surface area contributed by atoms with Crippen molar-refractivity contribution in [2.75, 3.05) is 36.8 Å². The maximum atomic E-state index is 13.0. The first-order valence-corrected chi connectivity index (χ1v) is 7.60. The van der Waals surface area contributed by atoms with Gasteiger partial charge in [-0.3, -0.25) is 9.78 Å². The number of anilines is 2. The SMILES string of the molecule is Nc1ccc(CC(=O)N2CCN(c3ccc(F)cc3)CC2)nc1. The third-order valence-electron chi connectivity index (χ3n) is 4.00. The van der Waals surface area contributed by atoms with E-state index < -0.39 is 0 Å². The van der Waals surface area contributed by atoms with Gasteiger partial charge in [-0.25, -0.2) is 4.39 Å². The summed E-state index contributed by atoms with van der Waals surface area (Å²) in [5.74, 6) is -0.167. The molecule has 1 aliphatic heterocycles. The van der Waals surface area contributed by atoms with E-state index in [1.807, 2.05) is 4.90 Å². The highest BCUT2D eigenvalue weighted by Gasteiger charge is 2.21.